The summed E-state index contributed by atoms with van der Waals surface area (Å²) in [6, 6.07) is 11.9. The number of rotatable bonds is 3. The highest BCUT2D eigenvalue weighted by molar-refractivity contribution is 7.16. The van der Waals surface area contributed by atoms with Crippen LogP contribution in [0.2, 0.25) is 5.02 Å². The largest absolute Gasteiger partial charge is 0.462 e. The van der Waals surface area contributed by atoms with Crippen molar-refractivity contribution in [2.45, 2.75) is 6.92 Å². The van der Waals surface area contributed by atoms with Gasteiger partial charge in [-0.3, -0.25) is 4.79 Å². The van der Waals surface area contributed by atoms with Crippen LogP contribution < -0.4 is 4.80 Å². The topological polar surface area (TPSA) is 60.7 Å². The van der Waals surface area contributed by atoms with Crippen LogP contribution in [0.4, 0.5) is 0 Å². The Bertz CT molecular complexity index is 1020. The average Bonchev–Trinajstić information content (AvgIpc) is 2.91. The number of thiazole rings is 1. The summed E-state index contributed by atoms with van der Waals surface area (Å²) in [5.41, 5.74) is 1.83. The standard InChI is InChI=1S/C18H15ClN2O3S/c1-3-24-17(23)12-6-9-14-15(10-12)25-18(21(14)2)20-16(22)11-4-7-13(19)8-5-11/h4-10H,3H2,1-2H3. The molecule has 2 aromatic carbocycles. The first-order valence-corrected chi connectivity index (χ1v) is 8.80. The third kappa shape index (κ3) is 3.65. The predicted octanol–water partition coefficient (Wildman–Crippen LogP) is 3.81. The number of halogens is 1. The van der Waals surface area contributed by atoms with Gasteiger partial charge in [0.1, 0.15) is 0 Å². The minimum atomic E-state index is -0.365. The van der Waals surface area contributed by atoms with E-state index >= 15 is 0 Å². The number of hydrogen-bond acceptors (Lipinski definition) is 4. The van der Waals surface area contributed by atoms with Gasteiger partial charge in [-0.1, -0.05) is 22.9 Å². The molecule has 5 nitrogen and oxygen atoms in total. The summed E-state index contributed by atoms with van der Waals surface area (Å²) in [7, 11) is 1.83. The number of fused-ring (bicyclic) bond motifs is 1. The Balaban J connectivity index is 2.01. The number of hydrogen-bond donors (Lipinski definition) is 0. The lowest BCUT2D eigenvalue weighted by Crippen LogP contribution is -2.13. The number of amides is 1. The fourth-order valence-corrected chi connectivity index (χ4v) is 3.51. The van der Waals surface area contributed by atoms with Crippen LogP contribution in [0.15, 0.2) is 47.5 Å². The van der Waals surface area contributed by atoms with Gasteiger partial charge in [-0.25, -0.2) is 4.79 Å². The normalized spacial score (nSPS) is 11.7. The van der Waals surface area contributed by atoms with Crippen molar-refractivity contribution in [1.29, 1.82) is 0 Å². The first-order valence-electron chi connectivity index (χ1n) is 7.61. The molecular formula is C18H15ClN2O3S. The number of carbonyl (C=O) groups excluding carboxylic acids is 2. The van der Waals surface area contributed by atoms with E-state index in [-0.39, 0.29) is 11.9 Å². The molecule has 0 aliphatic carbocycles. The summed E-state index contributed by atoms with van der Waals surface area (Å²) in [5.74, 6) is -0.708. The lowest BCUT2D eigenvalue weighted by atomic mass is 10.2. The molecular weight excluding hydrogens is 360 g/mol. The Hall–Kier alpha value is -2.44. The summed E-state index contributed by atoms with van der Waals surface area (Å²) >= 11 is 7.18. The third-order valence-electron chi connectivity index (χ3n) is 3.61. The summed E-state index contributed by atoms with van der Waals surface area (Å²) in [6.07, 6.45) is 0. The second-order valence-corrected chi connectivity index (χ2v) is 6.72. The fraction of sp³-hybridized carbons (Fsp3) is 0.167. The Morgan fingerprint density at radius 1 is 1.16 bits per heavy atom. The Kier molecular flexibility index (Phi) is 5.01. The van der Waals surface area contributed by atoms with E-state index in [9.17, 15) is 9.59 Å². The van der Waals surface area contributed by atoms with E-state index in [0.717, 1.165) is 10.2 Å². The molecule has 0 N–H and O–H groups in total. The van der Waals surface area contributed by atoms with Gasteiger partial charge in [0.15, 0.2) is 4.80 Å². The highest BCUT2D eigenvalue weighted by Crippen LogP contribution is 2.19. The van der Waals surface area contributed by atoms with E-state index in [2.05, 4.69) is 4.99 Å². The summed E-state index contributed by atoms with van der Waals surface area (Å²) < 4.78 is 7.70. The molecule has 25 heavy (non-hydrogen) atoms. The summed E-state index contributed by atoms with van der Waals surface area (Å²) in [5, 5.41) is 0.565. The molecule has 1 aromatic heterocycles. The van der Waals surface area contributed by atoms with Crippen molar-refractivity contribution >= 4 is 45.0 Å². The van der Waals surface area contributed by atoms with E-state index in [1.165, 1.54) is 11.3 Å². The molecule has 7 heteroatoms. The molecule has 0 radical (unpaired) electrons. The monoisotopic (exact) mass is 374 g/mol. The smallest absolute Gasteiger partial charge is 0.338 e. The van der Waals surface area contributed by atoms with Crippen molar-refractivity contribution in [2.75, 3.05) is 6.61 Å². The first-order chi connectivity index (χ1) is 12.0. The van der Waals surface area contributed by atoms with Crippen LogP contribution in [0.5, 0.6) is 0 Å². The van der Waals surface area contributed by atoms with Crippen LogP contribution in [0.3, 0.4) is 0 Å². The molecule has 0 saturated heterocycles. The maximum atomic E-state index is 12.3. The molecule has 0 fully saturated rings. The quantitative estimate of drug-likeness (QED) is 0.655. The van der Waals surface area contributed by atoms with Gasteiger partial charge in [-0.2, -0.15) is 4.99 Å². The molecule has 0 atom stereocenters. The van der Waals surface area contributed by atoms with Gasteiger partial charge in [0.25, 0.3) is 5.91 Å². The van der Waals surface area contributed by atoms with Crippen LogP contribution in [-0.4, -0.2) is 23.1 Å². The minimum Gasteiger partial charge on any atom is -0.462 e. The Morgan fingerprint density at radius 3 is 2.52 bits per heavy atom. The second kappa shape index (κ2) is 7.21. The van der Waals surface area contributed by atoms with Gasteiger partial charge in [0, 0.05) is 17.6 Å². The number of nitrogens with zero attached hydrogens (tertiary/aromatic N) is 2. The van der Waals surface area contributed by atoms with Crippen LogP contribution >= 0.6 is 22.9 Å². The Labute approximate surface area is 153 Å². The molecule has 0 saturated carbocycles. The summed E-state index contributed by atoms with van der Waals surface area (Å²) in [4.78, 5) is 28.9. The number of ether oxygens (including phenoxy) is 1. The van der Waals surface area contributed by atoms with E-state index < -0.39 is 0 Å². The van der Waals surface area contributed by atoms with Gasteiger partial charge in [-0.15, -0.1) is 0 Å². The van der Waals surface area contributed by atoms with E-state index in [4.69, 9.17) is 16.3 Å². The van der Waals surface area contributed by atoms with Crippen molar-refractivity contribution < 1.29 is 14.3 Å². The molecule has 3 aromatic rings. The van der Waals surface area contributed by atoms with E-state index in [0.29, 0.717) is 27.6 Å². The maximum Gasteiger partial charge on any atom is 0.338 e. The molecule has 1 heterocycles. The molecule has 0 spiro atoms. The first kappa shape index (κ1) is 17.4. The van der Waals surface area contributed by atoms with Gasteiger partial charge in [-0.05, 0) is 49.4 Å². The van der Waals surface area contributed by atoms with Crippen molar-refractivity contribution in [1.82, 2.24) is 4.57 Å². The predicted molar refractivity (Wildman–Crippen MR) is 98.1 cm³/mol. The summed E-state index contributed by atoms with van der Waals surface area (Å²) in [6.45, 7) is 2.09. The van der Waals surface area contributed by atoms with Crippen LogP contribution in [-0.2, 0) is 11.8 Å². The van der Waals surface area contributed by atoms with Crippen molar-refractivity contribution in [2.24, 2.45) is 12.0 Å². The van der Waals surface area contributed by atoms with Crippen molar-refractivity contribution in [3.63, 3.8) is 0 Å². The van der Waals surface area contributed by atoms with Crippen molar-refractivity contribution in [3.05, 3.63) is 63.4 Å². The molecule has 1 amide bonds. The molecule has 3 rings (SSSR count). The maximum absolute atomic E-state index is 12.3. The number of aromatic nitrogens is 1. The number of aryl methyl sites for hydroxylation is 1. The lowest BCUT2D eigenvalue weighted by Gasteiger charge is -2.01. The number of carbonyl (C=O) groups is 2. The third-order valence-corrected chi connectivity index (χ3v) is 4.96. The number of benzene rings is 2. The zero-order valence-electron chi connectivity index (χ0n) is 13.7. The Morgan fingerprint density at radius 2 is 1.84 bits per heavy atom. The van der Waals surface area contributed by atoms with Crippen LogP contribution in [0, 0.1) is 0 Å². The molecule has 0 aliphatic rings. The second-order valence-electron chi connectivity index (χ2n) is 5.27. The van der Waals surface area contributed by atoms with Crippen LogP contribution in [0.1, 0.15) is 27.6 Å². The van der Waals surface area contributed by atoms with Gasteiger partial charge < -0.3 is 9.30 Å². The van der Waals surface area contributed by atoms with Gasteiger partial charge in [0.2, 0.25) is 0 Å². The molecule has 128 valence electrons. The van der Waals surface area contributed by atoms with Crippen molar-refractivity contribution in [3.8, 4) is 0 Å². The fourth-order valence-electron chi connectivity index (χ4n) is 2.33. The van der Waals surface area contributed by atoms with E-state index in [1.54, 1.807) is 43.3 Å². The van der Waals surface area contributed by atoms with Crippen LogP contribution in [0.25, 0.3) is 10.2 Å². The van der Waals surface area contributed by atoms with Gasteiger partial charge >= 0.3 is 5.97 Å². The SMILES string of the molecule is CCOC(=O)c1ccc2c(c1)sc(=NC(=O)c1ccc(Cl)cc1)n2C. The minimum absolute atomic E-state index is 0.325. The molecule has 0 aliphatic heterocycles. The highest BCUT2D eigenvalue weighted by Gasteiger charge is 2.11. The lowest BCUT2D eigenvalue weighted by molar-refractivity contribution is 0.0526. The number of esters is 1. The zero-order chi connectivity index (χ0) is 18.0. The highest BCUT2D eigenvalue weighted by atomic mass is 35.5. The van der Waals surface area contributed by atoms with Gasteiger partial charge in [0.05, 0.1) is 22.4 Å². The zero-order valence-corrected chi connectivity index (χ0v) is 15.2. The molecule has 0 bridgehead atoms. The van der Waals surface area contributed by atoms with E-state index in [1.807, 2.05) is 17.7 Å². The average molecular weight is 375 g/mol. The molecule has 0 unspecified atom stereocenters.